The molecule has 5 heteroatoms. The Labute approximate surface area is 122 Å². The van der Waals surface area contributed by atoms with E-state index in [9.17, 15) is 9.59 Å². The van der Waals surface area contributed by atoms with Crippen molar-refractivity contribution in [3.05, 3.63) is 29.8 Å². The van der Waals surface area contributed by atoms with Crippen molar-refractivity contribution in [1.82, 2.24) is 10.6 Å². The minimum Gasteiger partial charge on any atom is -0.356 e. The molecule has 4 nitrogen and oxygen atoms in total. The Morgan fingerprint density at radius 1 is 1.10 bits per heavy atom. The molecule has 1 rings (SSSR count). The zero-order valence-corrected chi connectivity index (χ0v) is 13.5. The highest BCUT2D eigenvalue weighted by molar-refractivity contribution is 8.32. The van der Waals surface area contributed by atoms with Gasteiger partial charge >= 0.3 is 0 Å². The highest BCUT2D eigenvalue weighted by atomic mass is 32.3. The van der Waals surface area contributed by atoms with Gasteiger partial charge in [0.1, 0.15) is 0 Å². The van der Waals surface area contributed by atoms with Crippen molar-refractivity contribution >= 4 is 21.8 Å². The summed E-state index contributed by atoms with van der Waals surface area (Å²) >= 11 is 0. The Morgan fingerprint density at radius 2 is 1.75 bits per heavy atom. The topological polar surface area (TPSA) is 58.2 Å². The van der Waals surface area contributed by atoms with Crippen molar-refractivity contribution in [2.75, 3.05) is 31.9 Å². The molecule has 112 valence electrons. The molecule has 1 aromatic carbocycles. The number of rotatable bonds is 6. The summed E-state index contributed by atoms with van der Waals surface area (Å²) in [7, 11) is -0.825. The summed E-state index contributed by atoms with van der Waals surface area (Å²) in [5, 5.41) is 5.57. The van der Waals surface area contributed by atoms with Crippen LogP contribution in [0.5, 0.6) is 0 Å². The molecule has 0 spiro atoms. The first-order valence-corrected chi connectivity index (χ1v) is 9.47. The molecule has 20 heavy (non-hydrogen) atoms. The average molecular weight is 296 g/mol. The molecule has 0 fully saturated rings. The van der Waals surface area contributed by atoms with E-state index in [4.69, 9.17) is 0 Å². The zero-order chi connectivity index (χ0) is 15.2. The minimum absolute atomic E-state index is 0.0443. The molecule has 0 radical (unpaired) electrons. The molecule has 2 amide bonds. The number of nitrogens with one attached hydrogen (secondary N) is 2. The summed E-state index contributed by atoms with van der Waals surface area (Å²) in [4.78, 5) is 24.0. The van der Waals surface area contributed by atoms with Crippen molar-refractivity contribution < 1.29 is 9.59 Å². The van der Waals surface area contributed by atoms with Gasteiger partial charge in [-0.05, 0) is 42.2 Å². The van der Waals surface area contributed by atoms with Gasteiger partial charge < -0.3 is 10.6 Å². The molecule has 0 aliphatic carbocycles. The molecule has 2 N–H and O–H groups in total. The fraction of sp³-hybridized carbons (Fsp3) is 0.467. The zero-order valence-electron chi connectivity index (χ0n) is 12.7. The summed E-state index contributed by atoms with van der Waals surface area (Å²) in [6, 6.07) is 7.80. The van der Waals surface area contributed by atoms with Crippen LogP contribution in [0.25, 0.3) is 0 Å². The second-order valence-corrected chi connectivity index (χ2v) is 9.60. The number of carbonyl (C=O) groups excluding carboxylic acids is 2. The van der Waals surface area contributed by atoms with E-state index in [-0.39, 0.29) is 11.8 Å². The smallest absolute Gasteiger partial charge is 0.251 e. The summed E-state index contributed by atoms with van der Waals surface area (Å²) < 4.78 is 0. The van der Waals surface area contributed by atoms with Gasteiger partial charge in [0, 0.05) is 25.6 Å². The number of benzene rings is 1. The van der Waals surface area contributed by atoms with Crippen LogP contribution in [0.1, 0.15) is 23.7 Å². The largest absolute Gasteiger partial charge is 0.356 e. The monoisotopic (exact) mass is 296 g/mol. The first-order chi connectivity index (χ1) is 9.30. The van der Waals surface area contributed by atoms with E-state index in [1.54, 1.807) is 0 Å². The molecule has 0 saturated heterocycles. The predicted molar refractivity (Wildman–Crippen MR) is 85.7 cm³/mol. The highest BCUT2D eigenvalue weighted by Crippen LogP contribution is 2.45. The maximum Gasteiger partial charge on any atom is 0.251 e. The molecule has 0 unspecified atom stereocenters. The average Bonchev–Trinajstić information content (AvgIpc) is 2.37. The Kier molecular flexibility index (Phi) is 6.07. The van der Waals surface area contributed by atoms with Gasteiger partial charge in [-0.25, -0.2) is 10.0 Å². The lowest BCUT2D eigenvalue weighted by Gasteiger charge is -2.26. The summed E-state index contributed by atoms with van der Waals surface area (Å²) in [5.41, 5.74) is 0.699. The second-order valence-electron chi connectivity index (χ2n) is 5.46. The van der Waals surface area contributed by atoms with Gasteiger partial charge in [-0.15, -0.1) is 0 Å². The van der Waals surface area contributed by atoms with Crippen LogP contribution in [0.15, 0.2) is 29.2 Å². The fourth-order valence-corrected chi connectivity index (χ4v) is 2.64. The first-order valence-electron chi connectivity index (χ1n) is 6.62. The maximum absolute atomic E-state index is 12.0. The molecule has 0 aromatic heterocycles. The molecule has 0 bridgehead atoms. The van der Waals surface area contributed by atoms with Crippen LogP contribution < -0.4 is 10.6 Å². The molecular weight excluding hydrogens is 272 g/mol. The number of hydrogen-bond donors (Lipinski definition) is 2. The third kappa shape index (κ3) is 5.65. The standard InChI is InChI=1S/C15H24N2O2S/c1-12(18)16-9-6-10-17-15(19)13-7-5-8-14(11-13)20(2,3)4/h5,7-8,11H,6,9-10H2,1-4H3,(H,16,18)(H,17,19). The van der Waals surface area contributed by atoms with Crippen molar-refractivity contribution in [3.8, 4) is 0 Å². The molecular formula is C15H24N2O2S. The normalized spacial score (nSPS) is 11.8. The molecule has 0 aliphatic rings. The van der Waals surface area contributed by atoms with Gasteiger partial charge in [-0.2, -0.15) is 0 Å². The van der Waals surface area contributed by atoms with Gasteiger partial charge in [0.25, 0.3) is 5.91 Å². The van der Waals surface area contributed by atoms with Crippen molar-refractivity contribution in [2.24, 2.45) is 0 Å². The van der Waals surface area contributed by atoms with Gasteiger partial charge in [0.05, 0.1) is 0 Å². The minimum atomic E-state index is -0.825. The van der Waals surface area contributed by atoms with Gasteiger partial charge in [0.2, 0.25) is 5.91 Å². The van der Waals surface area contributed by atoms with E-state index in [0.717, 1.165) is 6.42 Å². The van der Waals surface area contributed by atoms with Crippen molar-refractivity contribution in [1.29, 1.82) is 0 Å². The Morgan fingerprint density at radius 3 is 2.35 bits per heavy atom. The summed E-state index contributed by atoms with van der Waals surface area (Å²) in [5.74, 6) is -0.101. The van der Waals surface area contributed by atoms with Crippen LogP contribution in [-0.2, 0) is 4.79 Å². The second kappa shape index (κ2) is 7.33. The fourth-order valence-electron chi connectivity index (χ4n) is 1.68. The Bertz CT molecular complexity index is 481. The third-order valence-electron chi connectivity index (χ3n) is 2.82. The van der Waals surface area contributed by atoms with Crippen molar-refractivity contribution in [3.63, 3.8) is 0 Å². The van der Waals surface area contributed by atoms with Crippen LogP contribution in [-0.4, -0.2) is 43.7 Å². The highest BCUT2D eigenvalue weighted by Gasteiger charge is 2.11. The van der Waals surface area contributed by atoms with E-state index in [1.807, 2.05) is 18.2 Å². The molecule has 0 heterocycles. The van der Waals surface area contributed by atoms with E-state index in [0.29, 0.717) is 18.7 Å². The van der Waals surface area contributed by atoms with Crippen LogP contribution in [0.3, 0.4) is 0 Å². The van der Waals surface area contributed by atoms with E-state index in [1.165, 1.54) is 11.8 Å². The van der Waals surface area contributed by atoms with Gasteiger partial charge in [-0.3, -0.25) is 9.59 Å². The maximum atomic E-state index is 12.0. The Hall–Kier alpha value is -1.49. The molecule has 0 saturated carbocycles. The van der Waals surface area contributed by atoms with Crippen molar-refractivity contribution in [2.45, 2.75) is 18.2 Å². The first kappa shape index (κ1) is 16.6. The molecule has 0 aliphatic heterocycles. The van der Waals surface area contributed by atoms with Crippen LogP contribution in [0.2, 0.25) is 0 Å². The Balaban J connectivity index is 2.50. The summed E-state index contributed by atoms with van der Waals surface area (Å²) in [6.45, 7) is 2.63. The third-order valence-corrected chi connectivity index (χ3v) is 4.48. The lowest BCUT2D eigenvalue weighted by atomic mass is 10.2. The number of hydrogen-bond acceptors (Lipinski definition) is 2. The number of amides is 2. The lowest BCUT2D eigenvalue weighted by molar-refractivity contribution is -0.118. The van der Waals surface area contributed by atoms with E-state index >= 15 is 0 Å². The predicted octanol–water partition coefficient (Wildman–Crippen LogP) is 2.00. The quantitative estimate of drug-likeness (QED) is 0.789. The van der Waals surface area contributed by atoms with E-state index in [2.05, 4.69) is 35.5 Å². The summed E-state index contributed by atoms with van der Waals surface area (Å²) in [6.07, 6.45) is 7.35. The van der Waals surface area contributed by atoms with Crippen LogP contribution in [0.4, 0.5) is 0 Å². The van der Waals surface area contributed by atoms with Gasteiger partial charge in [0.15, 0.2) is 0 Å². The van der Waals surface area contributed by atoms with Crippen LogP contribution >= 0.6 is 10.0 Å². The SMILES string of the molecule is CC(=O)NCCCNC(=O)c1cccc(S(C)(C)C)c1. The van der Waals surface area contributed by atoms with Crippen LogP contribution in [0, 0.1) is 0 Å². The molecule has 0 atom stereocenters. The molecule has 1 aromatic rings. The number of carbonyl (C=O) groups is 2. The van der Waals surface area contributed by atoms with Gasteiger partial charge in [-0.1, -0.05) is 12.1 Å². The van der Waals surface area contributed by atoms with E-state index < -0.39 is 10.0 Å². The lowest BCUT2D eigenvalue weighted by Crippen LogP contribution is -2.28.